The van der Waals surface area contributed by atoms with Gasteiger partial charge >= 0.3 is 0 Å². The van der Waals surface area contributed by atoms with E-state index in [1.54, 1.807) is 6.20 Å². The highest BCUT2D eigenvalue weighted by atomic mass is 16.1. The lowest BCUT2D eigenvalue weighted by atomic mass is 9.99. The molecule has 150 valence electrons. The molecule has 4 aromatic rings. The van der Waals surface area contributed by atoms with Crippen molar-refractivity contribution in [1.29, 1.82) is 0 Å². The van der Waals surface area contributed by atoms with Crippen LogP contribution in [-0.4, -0.2) is 28.0 Å². The Hall–Kier alpha value is -3.47. The fourth-order valence-electron chi connectivity index (χ4n) is 4.30. The SMILES string of the molecule is CC1CCCN(c2nc3nccc(-c4ccc(-c5ccccc5)cc4)c3c(=O)[nH]2)C1. The van der Waals surface area contributed by atoms with Crippen molar-refractivity contribution in [1.82, 2.24) is 15.0 Å². The molecule has 5 heteroatoms. The highest BCUT2D eigenvalue weighted by Gasteiger charge is 2.20. The molecule has 0 radical (unpaired) electrons. The lowest BCUT2D eigenvalue weighted by Crippen LogP contribution is -2.36. The summed E-state index contributed by atoms with van der Waals surface area (Å²) in [6.07, 6.45) is 4.07. The summed E-state index contributed by atoms with van der Waals surface area (Å²) in [5, 5.41) is 0.541. The van der Waals surface area contributed by atoms with Crippen LogP contribution in [0.5, 0.6) is 0 Å². The van der Waals surface area contributed by atoms with Crippen LogP contribution in [-0.2, 0) is 0 Å². The second-order valence-corrected chi connectivity index (χ2v) is 8.08. The third-order valence-electron chi connectivity index (χ3n) is 5.85. The molecule has 1 aliphatic heterocycles. The van der Waals surface area contributed by atoms with Gasteiger partial charge in [-0.1, -0.05) is 61.5 Å². The Bertz CT molecular complexity index is 1230. The summed E-state index contributed by atoms with van der Waals surface area (Å²) >= 11 is 0. The molecular weight excluding hydrogens is 372 g/mol. The molecule has 0 saturated carbocycles. The number of nitrogens with one attached hydrogen (secondary N) is 1. The first-order valence-electron chi connectivity index (χ1n) is 10.5. The molecule has 5 rings (SSSR count). The van der Waals surface area contributed by atoms with Crippen molar-refractivity contribution >= 4 is 17.0 Å². The topological polar surface area (TPSA) is 61.9 Å². The molecule has 0 amide bonds. The van der Waals surface area contributed by atoms with E-state index in [4.69, 9.17) is 4.98 Å². The minimum absolute atomic E-state index is 0.136. The van der Waals surface area contributed by atoms with Gasteiger partial charge in [0.25, 0.3) is 5.56 Å². The standard InChI is InChI=1S/C25H24N4O/c1-17-6-5-15-29(16-17)25-27-23-22(24(30)28-25)21(13-14-26-23)20-11-9-19(10-12-20)18-7-3-2-4-8-18/h2-4,7-14,17H,5-6,15-16H2,1H3,(H,26,27,28,30). The van der Waals surface area contributed by atoms with Crippen LogP contribution < -0.4 is 10.5 Å². The van der Waals surface area contributed by atoms with E-state index in [0.717, 1.165) is 36.2 Å². The summed E-state index contributed by atoms with van der Waals surface area (Å²) < 4.78 is 0. The molecule has 2 aromatic heterocycles. The van der Waals surface area contributed by atoms with Crippen LogP contribution in [0.25, 0.3) is 33.3 Å². The highest BCUT2D eigenvalue weighted by Crippen LogP contribution is 2.28. The number of pyridine rings is 1. The molecule has 0 bridgehead atoms. The average molecular weight is 396 g/mol. The number of hydrogen-bond donors (Lipinski definition) is 1. The second-order valence-electron chi connectivity index (χ2n) is 8.08. The number of anilines is 1. The first kappa shape index (κ1) is 18.6. The van der Waals surface area contributed by atoms with Crippen molar-refractivity contribution in [3.63, 3.8) is 0 Å². The van der Waals surface area contributed by atoms with Crippen molar-refractivity contribution in [3.8, 4) is 22.3 Å². The van der Waals surface area contributed by atoms with Crippen molar-refractivity contribution < 1.29 is 0 Å². The van der Waals surface area contributed by atoms with E-state index in [1.807, 2.05) is 24.3 Å². The minimum Gasteiger partial charge on any atom is -0.342 e. The van der Waals surface area contributed by atoms with Gasteiger partial charge in [-0.3, -0.25) is 9.78 Å². The molecule has 0 spiro atoms. The molecule has 1 unspecified atom stereocenters. The van der Waals surface area contributed by atoms with Crippen LogP contribution in [0.3, 0.4) is 0 Å². The summed E-state index contributed by atoms with van der Waals surface area (Å²) in [5.74, 6) is 1.23. The monoisotopic (exact) mass is 396 g/mol. The van der Waals surface area contributed by atoms with Gasteiger partial charge in [0.15, 0.2) is 5.65 Å². The molecule has 1 fully saturated rings. The largest absolute Gasteiger partial charge is 0.342 e. The Morgan fingerprint density at radius 2 is 1.70 bits per heavy atom. The Kier molecular flexibility index (Phi) is 4.79. The van der Waals surface area contributed by atoms with Gasteiger partial charge in [0.1, 0.15) is 0 Å². The molecule has 2 aromatic carbocycles. The molecule has 3 heterocycles. The van der Waals surface area contributed by atoms with E-state index in [1.165, 1.54) is 12.0 Å². The van der Waals surface area contributed by atoms with Gasteiger partial charge in [0, 0.05) is 19.3 Å². The summed E-state index contributed by atoms with van der Waals surface area (Å²) in [5.41, 5.74) is 4.51. The predicted molar refractivity (Wildman–Crippen MR) is 122 cm³/mol. The van der Waals surface area contributed by atoms with E-state index < -0.39 is 0 Å². The van der Waals surface area contributed by atoms with Crippen LogP contribution in [0.2, 0.25) is 0 Å². The Balaban J connectivity index is 1.55. The maximum absolute atomic E-state index is 13.0. The van der Waals surface area contributed by atoms with Crippen LogP contribution in [0.15, 0.2) is 71.7 Å². The predicted octanol–water partition coefficient (Wildman–Crippen LogP) is 4.89. The van der Waals surface area contributed by atoms with Gasteiger partial charge in [-0.05, 0) is 47.1 Å². The van der Waals surface area contributed by atoms with Crippen LogP contribution in [0.1, 0.15) is 19.8 Å². The van der Waals surface area contributed by atoms with Crippen LogP contribution in [0.4, 0.5) is 5.95 Å². The van der Waals surface area contributed by atoms with Crippen molar-refractivity contribution in [2.75, 3.05) is 18.0 Å². The zero-order chi connectivity index (χ0) is 20.5. The van der Waals surface area contributed by atoms with Gasteiger partial charge in [-0.25, -0.2) is 4.98 Å². The molecule has 1 N–H and O–H groups in total. The Morgan fingerprint density at radius 1 is 0.967 bits per heavy atom. The summed E-state index contributed by atoms with van der Waals surface area (Å²) in [4.78, 5) is 27.3. The Labute approximate surface area is 175 Å². The molecule has 0 aliphatic carbocycles. The van der Waals surface area contributed by atoms with Crippen LogP contribution in [0, 0.1) is 5.92 Å². The maximum atomic E-state index is 13.0. The number of rotatable bonds is 3. The maximum Gasteiger partial charge on any atom is 0.262 e. The summed E-state index contributed by atoms with van der Waals surface area (Å²) in [7, 11) is 0. The molecule has 1 aliphatic rings. The minimum atomic E-state index is -0.136. The Morgan fingerprint density at radius 3 is 2.47 bits per heavy atom. The number of fused-ring (bicyclic) bond motifs is 1. The number of piperidine rings is 1. The number of aromatic nitrogens is 3. The molecule has 1 saturated heterocycles. The third-order valence-corrected chi connectivity index (χ3v) is 5.85. The number of hydrogen-bond acceptors (Lipinski definition) is 4. The molecule has 5 nitrogen and oxygen atoms in total. The average Bonchev–Trinajstić information content (AvgIpc) is 2.79. The van der Waals surface area contributed by atoms with E-state index in [2.05, 4.69) is 58.2 Å². The van der Waals surface area contributed by atoms with Crippen molar-refractivity contribution in [3.05, 3.63) is 77.2 Å². The second kappa shape index (κ2) is 7.75. The first-order valence-corrected chi connectivity index (χ1v) is 10.5. The van der Waals surface area contributed by atoms with E-state index in [0.29, 0.717) is 22.9 Å². The zero-order valence-electron chi connectivity index (χ0n) is 17.0. The number of nitrogens with zero attached hydrogens (tertiary/aromatic N) is 3. The summed E-state index contributed by atoms with van der Waals surface area (Å²) in [6.45, 7) is 4.06. The fourth-order valence-corrected chi connectivity index (χ4v) is 4.30. The van der Waals surface area contributed by atoms with Gasteiger partial charge in [0.05, 0.1) is 5.39 Å². The van der Waals surface area contributed by atoms with Gasteiger partial charge < -0.3 is 4.90 Å². The van der Waals surface area contributed by atoms with Crippen molar-refractivity contribution in [2.45, 2.75) is 19.8 Å². The van der Waals surface area contributed by atoms with Crippen molar-refractivity contribution in [2.24, 2.45) is 5.92 Å². The third kappa shape index (κ3) is 3.47. The lowest BCUT2D eigenvalue weighted by molar-refractivity contribution is 0.442. The number of benzene rings is 2. The zero-order valence-corrected chi connectivity index (χ0v) is 17.0. The number of H-pyrrole nitrogens is 1. The van der Waals surface area contributed by atoms with Crippen LogP contribution >= 0.6 is 0 Å². The molecule has 1 atom stereocenters. The first-order chi connectivity index (χ1) is 14.7. The normalized spacial score (nSPS) is 16.7. The number of aromatic amines is 1. The fraction of sp³-hybridized carbons (Fsp3) is 0.240. The highest BCUT2D eigenvalue weighted by molar-refractivity contribution is 5.92. The quantitative estimate of drug-likeness (QED) is 0.536. The van der Waals surface area contributed by atoms with E-state index in [-0.39, 0.29) is 5.56 Å². The molecule has 30 heavy (non-hydrogen) atoms. The van der Waals surface area contributed by atoms with E-state index in [9.17, 15) is 4.79 Å². The van der Waals surface area contributed by atoms with E-state index >= 15 is 0 Å². The lowest BCUT2D eigenvalue weighted by Gasteiger charge is -2.31. The van der Waals surface area contributed by atoms with Gasteiger partial charge in [-0.2, -0.15) is 4.98 Å². The smallest absolute Gasteiger partial charge is 0.262 e. The van der Waals surface area contributed by atoms with Gasteiger partial charge in [-0.15, -0.1) is 0 Å². The molecular formula is C25H24N4O. The van der Waals surface area contributed by atoms with Gasteiger partial charge in [0.2, 0.25) is 5.95 Å². The summed E-state index contributed by atoms with van der Waals surface area (Å²) in [6, 6.07) is 20.4.